The molecule has 0 aliphatic heterocycles. The molecule has 1 aliphatic carbocycles. The van der Waals surface area contributed by atoms with Gasteiger partial charge in [0, 0.05) is 72.2 Å². The number of anilines is 2. The lowest BCUT2D eigenvalue weighted by Gasteiger charge is -2.36. The summed E-state index contributed by atoms with van der Waals surface area (Å²) in [6.45, 7) is -1.11. The van der Waals surface area contributed by atoms with E-state index in [2.05, 4.69) is 35.2 Å². The van der Waals surface area contributed by atoms with Crippen LogP contribution in [0.1, 0.15) is 31.2 Å². The molecular formula is C30H29F5N8O5S. The molecule has 1 aliphatic rings. The van der Waals surface area contributed by atoms with E-state index in [1.54, 1.807) is 12.1 Å². The van der Waals surface area contributed by atoms with Crippen LogP contribution in [0, 0.1) is 0 Å². The number of aromatic nitrogens is 6. The summed E-state index contributed by atoms with van der Waals surface area (Å²) in [6, 6.07) is 3.58. The molecule has 49 heavy (non-hydrogen) atoms. The van der Waals surface area contributed by atoms with Crippen LogP contribution in [-0.2, 0) is 20.8 Å². The predicted octanol–water partition coefficient (Wildman–Crippen LogP) is 5.45. The zero-order valence-corrected chi connectivity index (χ0v) is 26.8. The van der Waals surface area contributed by atoms with E-state index in [0.717, 1.165) is 24.7 Å². The molecule has 4 aromatic heterocycles. The number of hydrogen-bond donors (Lipinski definition) is 1. The Morgan fingerprint density at radius 1 is 0.959 bits per heavy atom. The Morgan fingerprint density at radius 2 is 1.65 bits per heavy atom. The van der Waals surface area contributed by atoms with Crippen LogP contribution >= 0.6 is 0 Å². The number of alkyl halides is 5. The van der Waals surface area contributed by atoms with Crippen LogP contribution in [0.3, 0.4) is 0 Å². The number of carbonyl (C=O) groups is 1. The highest BCUT2D eigenvalue weighted by atomic mass is 32.2. The molecule has 5 rings (SSSR count). The number of carbonyl (C=O) groups excluding carboxylic acids is 1. The number of ether oxygens (including phenoxy) is 2. The number of methoxy groups -OCH3 is 1. The number of nitrogens with zero attached hydrogens (tertiary/aromatic N) is 7. The first-order chi connectivity index (χ1) is 23.2. The van der Waals surface area contributed by atoms with E-state index >= 15 is 0 Å². The second kappa shape index (κ2) is 14.6. The molecule has 1 amide bonds. The van der Waals surface area contributed by atoms with Gasteiger partial charge in [-0.25, -0.2) is 46.9 Å². The summed E-state index contributed by atoms with van der Waals surface area (Å²) in [6.07, 6.45) is 0.858. The van der Waals surface area contributed by atoms with E-state index in [0.29, 0.717) is 43.0 Å². The number of rotatable bonds is 10. The van der Waals surface area contributed by atoms with E-state index in [9.17, 15) is 35.2 Å². The van der Waals surface area contributed by atoms with Crippen molar-refractivity contribution in [1.82, 2.24) is 29.9 Å². The molecule has 0 atom stereocenters. The van der Waals surface area contributed by atoms with Crippen LogP contribution in [-0.4, -0.2) is 82.9 Å². The standard InChI is InChI=1S/C30H29F5N8O5S/c1-47-28-39-12-19(13-40-28)17-3-8-25(37-11-17)43(29(44)48-16-24(31)32)21-6-4-20(5-7-21)41-27-38-15-23(30(33,34)35)26(42-27)18-9-22(14-36-10-18)49(2,45)46/h3,8-15,20-21,24H,4-7,16H2,1-2H3,(H,38,41,42). The van der Waals surface area contributed by atoms with Crippen molar-refractivity contribution in [3.63, 3.8) is 0 Å². The van der Waals surface area contributed by atoms with Crippen LogP contribution in [0.25, 0.3) is 22.4 Å². The summed E-state index contributed by atoms with van der Waals surface area (Å²) >= 11 is 0. The van der Waals surface area contributed by atoms with Crippen molar-refractivity contribution in [2.75, 3.05) is 30.2 Å². The summed E-state index contributed by atoms with van der Waals surface area (Å²) in [5.41, 5.74) is -0.660. The van der Waals surface area contributed by atoms with Crippen molar-refractivity contribution in [2.24, 2.45) is 0 Å². The van der Waals surface area contributed by atoms with E-state index in [1.165, 1.54) is 30.6 Å². The molecule has 0 spiro atoms. The minimum absolute atomic E-state index is 0.135. The molecule has 13 nitrogen and oxygen atoms in total. The van der Waals surface area contributed by atoms with Crippen molar-refractivity contribution in [3.05, 3.63) is 60.9 Å². The summed E-state index contributed by atoms with van der Waals surface area (Å²) in [4.78, 5) is 38.2. The van der Waals surface area contributed by atoms with E-state index in [4.69, 9.17) is 9.47 Å². The molecule has 0 saturated heterocycles. The molecule has 19 heteroatoms. The second-order valence-electron chi connectivity index (χ2n) is 11.0. The van der Waals surface area contributed by atoms with Gasteiger partial charge in [-0.15, -0.1) is 0 Å². The third kappa shape index (κ3) is 8.70. The lowest BCUT2D eigenvalue weighted by Crippen LogP contribution is -2.45. The van der Waals surface area contributed by atoms with Crippen LogP contribution in [0.2, 0.25) is 0 Å². The smallest absolute Gasteiger partial charge is 0.419 e. The fourth-order valence-corrected chi connectivity index (χ4v) is 5.79. The van der Waals surface area contributed by atoms with Gasteiger partial charge >= 0.3 is 18.3 Å². The van der Waals surface area contributed by atoms with Crippen molar-refractivity contribution < 1.29 is 44.6 Å². The third-order valence-corrected chi connectivity index (χ3v) is 8.65. The minimum Gasteiger partial charge on any atom is -0.467 e. The third-order valence-electron chi connectivity index (χ3n) is 7.57. The minimum atomic E-state index is -4.84. The van der Waals surface area contributed by atoms with Gasteiger partial charge in [0.1, 0.15) is 11.4 Å². The maximum absolute atomic E-state index is 13.9. The zero-order chi connectivity index (χ0) is 35.3. The number of amides is 1. The molecule has 1 N–H and O–H groups in total. The monoisotopic (exact) mass is 708 g/mol. The summed E-state index contributed by atoms with van der Waals surface area (Å²) in [7, 11) is -2.34. The molecule has 0 bridgehead atoms. The fraction of sp³-hybridized carbons (Fsp3) is 0.367. The van der Waals surface area contributed by atoms with Gasteiger partial charge in [0.15, 0.2) is 16.4 Å². The highest BCUT2D eigenvalue weighted by Crippen LogP contribution is 2.37. The maximum Gasteiger partial charge on any atom is 0.419 e. The zero-order valence-electron chi connectivity index (χ0n) is 25.9. The molecule has 1 fully saturated rings. The number of hydrogen-bond acceptors (Lipinski definition) is 12. The largest absolute Gasteiger partial charge is 0.467 e. The van der Waals surface area contributed by atoms with Gasteiger partial charge in [-0.2, -0.15) is 13.2 Å². The van der Waals surface area contributed by atoms with Crippen molar-refractivity contribution in [2.45, 2.75) is 55.3 Å². The van der Waals surface area contributed by atoms with E-state index in [1.807, 2.05) is 0 Å². The molecule has 4 aromatic rings. The Hall–Kier alpha value is -5.07. The fourth-order valence-electron chi connectivity index (χ4n) is 5.19. The average molecular weight is 709 g/mol. The molecule has 0 aromatic carbocycles. The normalized spacial score (nSPS) is 16.7. The Bertz CT molecular complexity index is 1880. The van der Waals surface area contributed by atoms with Gasteiger partial charge < -0.3 is 14.8 Å². The predicted molar refractivity (Wildman–Crippen MR) is 165 cm³/mol. The molecule has 0 unspecified atom stereocenters. The maximum atomic E-state index is 13.9. The summed E-state index contributed by atoms with van der Waals surface area (Å²) in [5, 5.41) is 3.02. The van der Waals surface area contributed by atoms with Crippen LogP contribution in [0.4, 0.5) is 38.5 Å². The Balaban J connectivity index is 1.33. The number of nitrogens with one attached hydrogen (secondary N) is 1. The Labute approximate surface area is 276 Å². The van der Waals surface area contributed by atoms with Gasteiger partial charge in [-0.1, -0.05) is 0 Å². The second-order valence-corrected chi connectivity index (χ2v) is 13.0. The lowest BCUT2D eigenvalue weighted by molar-refractivity contribution is -0.137. The molecular weight excluding hydrogens is 679 g/mol. The SMILES string of the molecule is COc1ncc(-c2ccc(N(C(=O)OCC(F)F)C3CCC(Nc4ncc(C(F)(F)F)c(-c5cncc(S(C)(=O)=O)c5)n4)CC3)nc2)cn1. The molecule has 1 saturated carbocycles. The quantitative estimate of drug-likeness (QED) is 0.208. The van der Waals surface area contributed by atoms with Gasteiger partial charge in [0.2, 0.25) is 5.95 Å². The van der Waals surface area contributed by atoms with Gasteiger partial charge in [0.05, 0.1) is 17.7 Å². The van der Waals surface area contributed by atoms with Gasteiger partial charge in [0.25, 0.3) is 6.43 Å². The molecule has 260 valence electrons. The highest BCUT2D eigenvalue weighted by Gasteiger charge is 2.37. The van der Waals surface area contributed by atoms with E-state index < -0.39 is 52.4 Å². The van der Waals surface area contributed by atoms with Crippen LogP contribution in [0.15, 0.2) is 60.3 Å². The molecule has 0 radical (unpaired) electrons. The lowest BCUT2D eigenvalue weighted by atomic mass is 9.90. The summed E-state index contributed by atoms with van der Waals surface area (Å²) in [5.74, 6) is 0.0266. The first kappa shape index (κ1) is 35.2. The summed E-state index contributed by atoms with van der Waals surface area (Å²) < 4.78 is 101. The topological polar surface area (TPSA) is 162 Å². The average Bonchev–Trinajstić information content (AvgIpc) is 3.08. The number of sulfone groups is 1. The number of halogens is 5. The first-order valence-corrected chi connectivity index (χ1v) is 16.5. The Kier molecular flexibility index (Phi) is 10.5. The van der Waals surface area contributed by atoms with Crippen molar-refractivity contribution >= 4 is 27.7 Å². The van der Waals surface area contributed by atoms with Crippen LogP contribution < -0.4 is 15.0 Å². The highest BCUT2D eigenvalue weighted by molar-refractivity contribution is 7.90. The van der Waals surface area contributed by atoms with E-state index in [-0.39, 0.29) is 34.3 Å². The number of pyridine rings is 2. The van der Waals surface area contributed by atoms with Gasteiger partial charge in [-0.05, 0) is 43.9 Å². The first-order valence-electron chi connectivity index (χ1n) is 14.7. The van der Waals surface area contributed by atoms with Gasteiger partial charge in [-0.3, -0.25) is 9.88 Å². The Morgan fingerprint density at radius 3 is 2.24 bits per heavy atom. The van der Waals surface area contributed by atoms with Crippen molar-refractivity contribution in [3.8, 4) is 28.4 Å². The molecule has 4 heterocycles. The van der Waals surface area contributed by atoms with Crippen LogP contribution in [0.5, 0.6) is 6.01 Å². The van der Waals surface area contributed by atoms with Crippen molar-refractivity contribution in [1.29, 1.82) is 0 Å².